The summed E-state index contributed by atoms with van der Waals surface area (Å²) >= 11 is 0. The van der Waals surface area contributed by atoms with Gasteiger partial charge in [-0.05, 0) is 12.3 Å². The van der Waals surface area contributed by atoms with Crippen molar-refractivity contribution < 1.29 is 9.59 Å². The number of carbonyl (C=O) groups excluding carboxylic acids is 2. The van der Waals surface area contributed by atoms with Gasteiger partial charge in [0.15, 0.2) is 0 Å². The molecule has 0 rings (SSSR count). The summed E-state index contributed by atoms with van der Waals surface area (Å²) in [6, 6.07) is 0. The molecule has 0 aliphatic carbocycles. The normalized spacial score (nSPS) is 10.8. The number of Topliss-reactive ketones (excluding diaryl/α,β-unsaturated/α-hetero) is 1. The van der Waals surface area contributed by atoms with Gasteiger partial charge in [0.1, 0.15) is 5.78 Å². The summed E-state index contributed by atoms with van der Waals surface area (Å²) in [7, 11) is 0. The highest BCUT2D eigenvalue weighted by molar-refractivity contribution is 5.81. The van der Waals surface area contributed by atoms with Gasteiger partial charge in [-0.3, -0.25) is 9.59 Å². The summed E-state index contributed by atoms with van der Waals surface area (Å²) in [6.07, 6.45) is 1.65. The van der Waals surface area contributed by atoms with Crippen LogP contribution in [-0.2, 0) is 9.59 Å². The molecule has 0 aliphatic heterocycles. The van der Waals surface area contributed by atoms with E-state index in [0.29, 0.717) is 25.2 Å². The lowest BCUT2D eigenvalue weighted by Crippen LogP contribution is -2.27. The van der Waals surface area contributed by atoms with Crippen molar-refractivity contribution in [1.82, 2.24) is 5.32 Å². The van der Waals surface area contributed by atoms with E-state index in [9.17, 15) is 9.59 Å². The molecule has 0 aromatic carbocycles. The zero-order valence-corrected chi connectivity index (χ0v) is 10.3. The van der Waals surface area contributed by atoms with Crippen LogP contribution >= 0.6 is 0 Å². The van der Waals surface area contributed by atoms with Crippen LogP contribution in [0.25, 0.3) is 0 Å². The second-order valence-electron chi connectivity index (χ2n) is 4.67. The van der Waals surface area contributed by atoms with Gasteiger partial charge in [-0.1, -0.05) is 27.7 Å². The van der Waals surface area contributed by atoms with E-state index in [1.807, 2.05) is 13.8 Å². The first-order valence-corrected chi connectivity index (χ1v) is 5.73. The Morgan fingerprint density at radius 1 is 1.07 bits per heavy atom. The highest BCUT2D eigenvalue weighted by Gasteiger charge is 2.08. The van der Waals surface area contributed by atoms with Crippen molar-refractivity contribution in [3.63, 3.8) is 0 Å². The molecule has 88 valence electrons. The molecule has 0 saturated carbocycles. The zero-order chi connectivity index (χ0) is 11.8. The Morgan fingerprint density at radius 3 is 2.13 bits per heavy atom. The molecule has 3 heteroatoms. The first kappa shape index (κ1) is 14.1. The molecule has 0 spiro atoms. The quantitative estimate of drug-likeness (QED) is 0.704. The van der Waals surface area contributed by atoms with Gasteiger partial charge in [-0.25, -0.2) is 0 Å². The van der Waals surface area contributed by atoms with E-state index in [1.54, 1.807) is 0 Å². The minimum Gasteiger partial charge on any atom is -0.356 e. The minimum absolute atomic E-state index is 0.0558. The molecule has 0 fully saturated rings. The summed E-state index contributed by atoms with van der Waals surface area (Å²) < 4.78 is 0. The van der Waals surface area contributed by atoms with E-state index in [0.717, 1.165) is 6.54 Å². The van der Waals surface area contributed by atoms with E-state index in [4.69, 9.17) is 0 Å². The largest absolute Gasteiger partial charge is 0.356 e. The van der Waals surface area contributed by atoms with Gasteiger partial charge in [0.25, 0.3) is 0 Å². The van der Waals surface area contributed by atoms with Crippen LogP contribution in [0.3, 0.4) is 0 Å². The summed E-state index contributed by atoms with van der Waals surface area (Å²) in [6.45, 7) is 8.62. The molecule has 0 aromatic rings. The molecule has 0 unspecified atom stereocenters. The van der Waals surface area contributed by atoms with E-state index >= 15 is 0 Å². The maximum absolute atomic E-state index is 11.3. The molecule has 15 heavy (non-hydrogen) atoms. The zero-order valence-electron chi connectivity index (χ0n) is 10.3. The minimum atomic E-state index is 0.0558. The summed E-state index contributed by atoms with van der Waals surface area (Å²) in [5.41, 5.74) is 0. The van der Waals surface area contributed by atoms with E-state index < -0.39 is 0 Å². The van der Waals surface area contributed by atoms with Crippen molar-refractivity contribution in [2.45, 2.75) is 47.0 Å². The average Bonchev–Trinajstić information content (AvgIpc) is 2.14. The predicted molar refractivity (Wildman–Crippen MR) is 61.5 cm³/mol. The maximum atomic E-state index is 11.3. The Kier molecular flexibility index (Phi) is 7.01. The van der Waals surface area contributed by atoms with Gasteiger partial charge in [0.05, 0.1) is 0 Å². The van der Waals surface area contributed by atoms with Crippen LogP contribution in [0.4, 0.5) is 0 Å². The molecule has 0 radical (unpaired) electrons. The van der Waals surface area contributed by atoms with E-state index in [1.165, 1.54) is 0 Å². The monoisotopic (exact) mass is 213 g/mol. The van der Waals surface area contributed by atoms with Crippen molar-refractivity contribution >= 4 is 11.7 Å². The molecular weight excluding hydrogens is 190 g/mol. The molecule has 0 saturated heterocycles. The first-order chi connectivity index (χ1) is 6.93. The van der Waals surface area contributed by atoms with Crippen LogP contribution in [0.2, 0.25) is 0 Å². The molecule has 0 atom stereocenters. The maximum Gasteiger partial charge on any atom is 0.220 e. The average molecular weight is 213 g/mol. The van der Waals surface area contributed by atoms with Crippen LogP contribution in [-0.4, -0.2) is 18.2 Å². The molecule has 1 amide bonds. The Balaban J connectivity index is 3.51. The molecular formula is C12H23NO2. The molecule has 0 aromatic heterocycles. The number of carbonyl (C=O) groups is 2. The van der Waals surface area contributed by atoms with E-state index in [2.05, 4.69) is 19.2 Å². The van der Waals surface area contributed by atoms with Crippen molar-refractivity contribution in [3.05, 3.63) is 0 Å². The lowest BCUT2D eigenvalue weighted by Gasteiger charge is -2.07. The summed E-state index contributed by atoms with van der Waals surface area (Å²) in [5.74, 6) is 0.863. The van der Waals surface area contributed by atoms with Gasteiger partial charge in [0.2, 0.25) is 5.91 Å². The summed E-state index contributed by atoms with van der Waals surface area (Å²) in [5, 5.41) is 2.83. The fourth-order valence-electron chi connectivity index (χ4n) is 1.12. The van der Waals surface area contributed by atoms with E-state index in [-0.39, 0.29) is 17.6 Å². The lowest BCUT2D eigenvalue weighted by atomic mass is 10.0. The predicted octanol–water partition coefficient (Wildman–Crippen LogP) is 2.15. The standard InChI is InChI=1S/C12H23NO2/c1-9(2)8-13-12(15)7-5-6-11(14)10(3)4/h9-10H,5-8H2,1-4H3,(H,13,15). The van der Waals surface area contributed by atoms with Crippen molar-refractivity contribution in [1.29, 1.82) is 0 Å². The molecule has 0 heterocycles. The number of rotatable bonds is 7. The number of hydrogen-bond donors (Lipinski definition) is 1. The van der Waals surface area contributed by atoms with Crippen molar-refractivity contribution in [2.75, 3.05) is 6.54 Å². The fourth-order valence-corrected chi connectivity index (χ4v) is 1.12. The van der Waals surface area contributed by atoms with Crippen molar-refractivity contribution in [2.24, 2.45) is 11.8 Å². The Bertz CT molecular complexity index is 210. The SMILES string of the molecule is CC(C)CNC(=O)CCCC(=O)C(C)C. The Labute approximate surface area is 92.6 Å². The molecule has 0 aliphatic rings. The van der Waals surface area contributed by atoms with Gasteiger partial charge in [0, 0.05) is 25.3 Å². The van der Waals surface area contributed by atoms with Crippen LogP contribution in [0.15, 0.2) is 0 Å². The Hall–Kier alpha value is -0.860. The lowest BCUT2D eigenvalue weighted by molar-refractivity contribution is -0.123. The number of amides is 1. The van der Waals surface area contributed by atoms with Crippen molar-refractivity contribution in [3.8, 4) is 0 Å². The topological polar surface area (TPSA) is 46.2 Å². The molecule has 3 nitrogen and oxygen atoms in total. The second kappa shape index (κ2) is 7.43. The van der Waals surface area contributed by atoms with Crippen LogP contribution < -0.4 is 5.32 Å². The molecule has 1 N–H and O–H groups in total. The highest BCUT2D eigenvalue weighted by Crippen LogP contribution is 2.04. The third-order valence-electron chi connectivity index (χ3n) is 2.18. The van der Waals surface area contributed by atoms with Crippen LogP contribution in [0, 0.1) is 11.8 Å². The molecule has 0 bridgehead atoms. The van der Waals surface area contributed by atoms with Gasteiger partial charge in [-0.2, -0.15) is 0 Å². The fraction of sp³-hybridized carbons (Fsp3) is 0.833. The number of nitrogens with one attached hydrogen (secondary N) is 1. The summed E-state index contributed by atoms with van der Waals surface area (Å²) in [4.78, 5) is 22.5. The third kappa shape index (κ3) is 8.16. The van der Waals surface area contributed by atoms with Gasteiger partial charge >= 0.3 is 0 Å². The number of ketones is 1. The Morgan fingerprint density at radius 2 is 1.67 bits per heavy atom. The highest BCUT2D eigenvalue weighted by atomic mass is 16.1. The van der Waals surface area contributed by atoms with Gasteiger partial charge < -0.3 is 5.32 Å². The second-order valence-corrected chi connectivity index (χ2v) is 4.67. The number of hydrogen-bond acceptors (Lipinski definition) is 2. The van der Waals surface area contributed by atoms with Crippen LogP contribution in [0.1, 0.15) is 47.0 Å². The third-order valence-corrected chi connectivity index (χ3v) is 2.18. The van der Waals surface area contributed by atoms with Crippen LogP contribution in [0.5, 0.6) is 0 Å². The van der Waals surface area contributed by atoms with Gasteiger partial charge in [-0.15, -0.1) is 0 Å². The first-order valence-electron chi connectivity index (χ1n) is 5.73. The smallest absolute Gasteiger partial charge is 0.220 e.